The molecule has 1 unspecified atom stereocenters. The van der Waals surface area contributed by atoms with Crippen LogP contribution in [-0.4, -0.2) is 41.5 Å². The van der Waals surface area contributed by atoms with Crippen LogP contribution < -0.4 is 5.32 Å². The highest BCUT2D eigenvalue weighted by Crippen LogP contribution is 2.78. The van der Waals surface area contributed by atoms with E-state index in [1.54, 1.807) is 30.3 Å². The fraction of sp³-hybridized carbons (Fsp3) is 0.375. The average molecular weight is 475 g/mol. The molecule has 9 heteroatoms. The molecule has 5 nitrogen and oxygen atoms in total. The van der Waals surface area contributed by atoms with Gasteiger partial charge >= 0.3 is 0 Å². The van der Waals surface area contributed by atoms with Crippen molar-refractivity contribution in [2.24, 2.45) is 10.4 Å². The molecule has 0 bridgehead atoms. The smallest absolute Gasteiger partial charge is 0.257 e. The predicted molar refractivity (Wildman–Crippen MR) is 118 cm³/mol. The molecule has 1 saturated carbocycles. The second-order valence-corrected chi connectivity index (χ2v) is 10.3. The third-order valence-electron chi connectivity index (χ3n) is 7.05. The van der Waals surface area contributed by atoms with Gasteiger partial charge in [0.25, 0.3) is 5.91 Å². The lowest BCUT2D eigenvalue weighted by Gasteiger charge is -2.49. The highest BCUT2D eigenvalue weighted by molar-refractivity contribution is 8.15. The van der Waals surface area contributed by atoms with Crippen LogP contribution in [0.15, 0.2) is 47.5 Å². The molecule has 1 aliphatic carbocycles. The number of carbonyl (C=O) groups is 2. The Bertz CT molecular complexity index is 1180. The van der Waals surface area contributed by atoms with Gasteiger partial charge in [-0.05, 0) is 38.0 Å². The van der Waals surface area contributed by atoms with E-state index >= 15 is 4.39 Å². The molecule has 3 aliphatic rings. The first-order chi connectivity index (χ1) is 15.8. The van der Waals surface area contributed by atoms with Crippen LogP contribution in [0.25, 0.3) is 0 Å². The lowest BCUT2D eigenvalue weighted by Crippen LogP contribution is -2.55. The van der Waals surface area contributed by atoms with Crippen molar-refractivity contribution in [2.75, 3.05) is 13.3 Å². The summed E-state index contributed by atoms with van der Waals surface area (Å²) < 4.78 is 48.9. The van der Waals surface area contributed by atoms with Gasteiger partial charge in [-0.1, -0.05) is 30.0 Å². The molecule has 1 amide bonds. The number of benzene rings is 2. The Kier molecular flexibility index (Phi) is 5.17. The zero-order valence-electron chi connectivity index (χ0n) is 17.7. The average Bonchev–Trinajstić information content (AvgIpc) is 3.46. The minimum absolute atomic E-state index is 0.0278. The van der Waals surface area contributed by atoms with Gasteiger partial charge in [0.2, 0.25) is 0 Å². The second-order valence-electron chi connectivity index (χ2n) is 8.88. The van der Waals surface area contributed by atoms with Crippen molar-refractivity contribution in [3.8, 4) is 0 Å². The van der Waals surface area contributed by atoms with E-state index in [4.69, 9.17) is 9.73 Å². The van der Waals surface area contributed by atoms with Gasteiger partial charge in [-0.25, -0.2) is 18.2 Å². The molecule has 0 radical (unpaired) electrons. The fourth-order valence-electron chi connectivity index (χ4n) is 5.38. The summed E-state index contributed by atoms with van der Waals surface area (Å²) in [5.74, 6) is -2.31. The number of nitrogens with zero attached hydrogens (tertiary/aromatic N) is 1. The summed E-state index contributed by atoms with van der Waals surface area (Å²) in [4.78, 5) is 29.0. The molecule has 2 aliphatic heterocycles. The van der Waals surface area contributed by atoms with Crippen LogP contribution >= 0.6 is 11.8 Å². The molecule has 4 atom stereocenters. The molecule has 2 heterocycles. The number of alkyl halides is 1. The van der Waals surface area contributed by atoms with Gasteiger partial charge < -0.3 is 10.1 Å². The first-order valence-corrected chi connectivity index (χ1v) is 11.4. The van der Waals surface area contributed by atoms with E-state index in [1.807, 2.05) is 6.92 Å². The molecule has 33 heavy (non-hydrogen) atoms. The molecule has 1 saturated heterocycles. The molecule has 172 valence electrons. The molecule has 2 aromatic carbocycles. The number of thioether (sulfide) groups is 1. The zero-order chi connectivity index (χ0) is 23.4. The van der Waals surface area contributed by atoms with E-state index in [0.717, 1.165) is 17.8 Å². The number of nitrogens with one attached hydrogen (secondary N) is 1. The Morgan fingerprint density at radius 1 is 1.27 bits per heavy atom. The van der Waals surface area contributed by atoms with Crippen LogP contribution in [0, 0.1) is 17.0 Å². The van der Waals surface area contributed by atoms with Crippen LogP contribution in [0.4, 0.5) is 13.2 Å². The standard InChI is InChI=1S/C24H21F3N2O3S/c1-14-9-22-11-23(22,12-25)33-21(28-20(31)15-5-3-2-4-6-15)29-24(22,13-32-14)17-7-16(10-30)18(26)8-19(17)27/h2-8,10,14H,9,11-13H2,1H3,(H,28,29,31)/t14-,22+,23?,24+/m0/s1. The maximum atomic E-state index is 15.2. The van der Waals surface area contributed by atoms with E-state index < -0.39 is 39.9 Å². The van der Waals surface area contributed by atoms with Crippen LogP contribution in [0.1, 0.15) is 46.0 Å². The number of aliphatic imine (C=N–C) groups is 1. The summed E-state index contributed by atoms with van der Waals surface area (Å²) in [5, 5.41) is 2.87. The number of aldehydes is 1. The van der Waals surface area contributed by atoms with Gasteiger partial charge in [0.15, 0.2) is 11.5 Å². The normalized spacial score (nSPS) is 32.2. The summed E-state index contributed by atoms with van der Waals surface area (Å²) >= 11 is 1.14. The minimum atomic E-state index is -1.41. The minimum Gasteiger partial charge on any atom is -0.376 e. The molecular weight excluding hydrogens is 453 g/mol. The van der Waals surface area contributed by atoms with Crippen LogP contribution in [-0.2, 0) is 10.3 Å². The Labute approximate surface area is 192 Å². The number of rotatable bonds is 4. The van der Waals surface area contributed by atoms with Gasteiger partial charge in [-0.15, -0.1) is 0 Å². The molecule has 2 fully saturated rings. The first kappa shape index (κ1) is 22.2. The molecular formula is C24H21F3N2O3S. The highest BCUT2D eigenvalue weighted by atomic mass is 32.2. The van der Waals surface area contributed by atoms with E-state index in [9.17, 15) is 18.4 Å². The van der Waals surface area contributed by atoms with E-state index in [-0.39, 0.29) is 29.0 Å². The van der Waals surface area contributed by atoms with E-state index in [1.165, 1.54) is 0 Å². The molecule has 0 aromatic heterocycles. The zero-order valence-corrected chi connectivity index (χ0v) is 18.6. The van der Waals surface area contributed by atoms with Crippen molar-refractivity contribution in [3.63, 3.8) is 0 Å². The summed E-state index contributed by atoms with van der Waals surface area (Å²) in [5.41, 5.74) is -2.16. The van der Waals surface area contributed by atoms with Crippen LogP contribution in [0.3, 0.4) is 0 Å². The van der Waals surface area contributed by atoms with Crippen LogP contribution in [0.5, 0.6) is 0 Å². The molecule has 1 spiro atoms. The predicted octanol–water partition coefficient (Wildman–Crippen LogP) is 4.41. The quantitative estimate of drug-likeness (QED) is 0.667. The van der Waals surface area contributed by atoms with Crippen molar-refractivity contribution >= 4 is 29.1 Å². The number of hydrogen-bond acceptors (Lipinski definition) is 5. The Hall–Kier alpha value is -2.65. The monoisotopic (exact) mass is 474 g/mol. The molecule has 5 rings (SSSR count). The Balaban J connectivity index is 1.66. The lowest BCUT2D eigenvalue weighted by molar-refractivity contribution is -0.0687. The maximum Gasteiger partial charge on any atom is 0.257 e. The maximum absolute atomic E-state index is 15.2. The number of hydrogen-bond donors (Lipinski definition) is 1. The summed E-state index contributed by atoms with van der Waals surface area (Å²) in [6.07, 6.45) is 0.899. The van der Waals surface area contributed by atoms with Gasteiger partial charge in [0, 0.05) is 22.6 Å². The number of carbonyl (C=O) groups excluding carboxylic acids is 2. The van der Waals surface area contributed by atoms with Crippen molar-refractivity contribution in [1.82, 2.24) is 5.32 Å². The summed E-state index contributed by atoms with van der Waals surface area (Å²) in [6, 6.07) is 10.3. The molecule has 2 aromatic rings. The summed E-state index contributed by atoms with van der Waals surface area (Å²) in [7, 11) is 0. The first-order valence-electron chi connectivity index (χ1n) is 10.6. The van der Waals surface area contributed by atoms with E-state index in [0.29, 0.717) is 30.8 Å². The Morgan fingerprint density at radius 2 is 2.03 bits per heavy atom. The van der Waals surface area contributed by atoms with Crippen molar-refractivity contribution < 1.29 is 27.5 Å². The highest BCUT2D eigenvalue weighted by Gasteiger charge is 2.81. The van der Waals surface area contributed by atoms with Crippen LogP contribution in [0.2, 0.25) is 0 Å². The summed E-state index contributed by atoms with van der Waals surface area (Å²) in [6.45, 7) is 1.07. The lowest BCUT2D eigenvalue weighted by atomic mass is 9.69. The van der Waals surface area contributed by atoms with Crippen molar-refractivity contribution in [2.45, 2.75) is 36.2 Å². The Morgan fingerprint density at radius 3 is 2.73 bits per heavy atom. The van der Waals surface area contributed by atoms with Gasteiger partial charge in [-0.2, -0.15) is 0 Å². The third kappa shape index (κ3) is 3.16. The van der Waals surface area contributed by atoms with Crippen molar-refractivity contribution in [3.05, 3.63) is 70.8 Å². The third-order valence-corrected chi connectivity index (χ3v) is 8.48. The largest absolute Gasteiger partial charge is 0.376 e. The SMILES string of the molecule is C[C@H]1C[C@@]23CC2(CF)SC(NC(=O)c2ccccc2)=N[C@@]3(c2cc(C=O)c(F)cc2F)CO1. The molecule has 1 N–H and O–H groups in total. The topological polar surface area (TPSA) is 67.8 Å². The number of amides is 1. The van der Waals surface area contributed by atoms with E-state index in [2.05, 4.69) is 5.32 Å². The number of ether oxygens (including phenoxy) is 1. The number of halogens is 3. The van der Waals surface area contributed by atoms with Gasteiger partial charge in [-0.3, -0.25) is 9.59 Å². The number of amidine groups is 1. The van der Waals surface area contributed by atoms with Gasteiger partial charge in [0.05, 0.1) is 23.0 Å². The van der Waals surface area contributed by atoms with Gasteiger partial charge in [0.1, 0.15) is 23.8 Å². The fourth-order valence-corrected chi connectivity index (χ4v) is 6.92. The second kappa shape index (κ2) is 7.70. The van der Waals surface area contributed by atoms with Crippen molar-refractivity contribution in [1.29, 1.82) is 0 Å².